The number of hydrogen-bond acceptors (Lipinski definition) is 4. The van der Waals surface area contributed by atoms with Crippen molar-refractivity contribution in [1.29, 1.82) is 0 Å². The van der Waals surface area contributed by atoms with Gasteiger partial charge in [-0.2, -0.15) is 0 Å². The SMILES string of the molecule is Cc1ccc(NC(=O)[C@H](C)OC(=O)c2cc(C)sc2C)cc1. The highest BCUT2D eigenvalue weighted by Gasteiger charge is 2.21. The maximum absolute atomic E-state index is 12.1. The summed E-state index contributed by atoms with van der Waals surface area (Å²) in [5, 5.41) is 2.73. The molecule has 4 nitrogen and oxygen atoms in total. The summed E-state index contributed by atoms with van der Waals surface area (Å²) in [5.74, 6) is -0.810. The van der Waals surface area contributed by atoms with E-state index >= 15 is 0 Å². The molecule has 5 heteroatoms. The standard InChI is InChI=1S/C17H19NO3S/c1-10-5-7-14(8-6-10)18-16(19)12(3)21-17(20)15-9-11(2)22-13(15)4/h5-9,12H,1-4H3,(H,18,19)/t12-/m0/s1. The van der Waals surface area contributed by atoms with Gasteiger partial charge < -0.3 is 10.1 Å². The van der Waals surface area contributed by atoms with Gasteiger partial charge in [-0.1, -0.05) is 17.7 Å². The molecular formula is C17H19NO3S. The minimum absolute atomic E-state index is 0.346. The molecule has 0 saturated carbocycles. The van der Waals surface area contributed by atoms with Crippen molar-refractivity contribution in [2.75, 3.05) is 5.32 Å². The van der Waals surface area contributed by atoms with E-state index in [0.29, 0.717) is 11.3 Å². The number of rotatable bonds is 4. The van der Waals surface area contributed by atoms with Gasteiger partial charge in [0.1, 0.15) is 0 Å². The predicted molar refractivity (Wildman–Crippen MR) is 88.5 cm³/mol. The molecule has 22 heavy (non-hydrogen) atoms. The topological polar surface area (TPSA) is 55.4 Å². The van der Waals surface area contributed by atoms with E-state index in [9.17, 15) is 9.59 Å². The van der Waals surface area contributed by atoms with Crippen molar-refractivity contribution >= 4 is 28.9 Å². The van der Waals surface area contributed by atoms with Crippen LogP contribution in [0.4, 0.5) is 5.69 Å². The Morgan fingerprint density at radius 1 is 1.14 bits per heavy atom. The van der Waals surface area contributed by atoms with E-state index in [2.05, 4.69) is 5.32 Å². The highest BCUT2D eigenvalue weighted by molar-refractivity contribution is 7.12. The molecule has 2 aromatic rings. The molecule has 0 spiro atoms. The first kappa shape index (κ1) is 16.2. The molecule has 1 atom stereocenters. The normalized spacial score (nSPS) is 11.8. The first-order chi connectivity index (χ1) is 10.4. The molecule has 116 valence electrons. The van der Waals surface area contributed by atoms with Crippen molar-refractivity contribution in [2.24, 2.45) is 0 Å². The summed E-state index contributed by atoms with van der Waals surface area (Å²) < 4.78 is 5.24. The molecule has 0 unspecified atom stereocenters. The maximum Gasteiger partial charge on any atom is 0.340 e. The number of carbonyl (C=O) groups is 2. The Kier molecular flexibility index (Phi) is 4.98. The molecule has 1 aromatic heterocycles. The van der Waals surface area contributed by atoms with E-state index in [0.717, 1.165) is 15.3 Å². The zero-order valence-corrected chi connectivity index (χ0v) is 13.9. The van der Waals surface area contributed by atoms with Crippen LogP contribution in [0.3, 0.4) is 0 Å². The van der Waals surface area contributed by atoms with Gasteiger partial charge in [0, 0.05) is 15.4 Å². The number of hydrogen-bond donors (Lipinski definition) is 1. The molecule has 0 aliphatic carbocycles. The average molecular weight is 317 g/mol. The Bertz CT molecular complexity index is 688. The highest BCUT2D eigenvalue weighted by Crippen LogP contribution is 2.21. The number of nitrogens with one attached hydrogen (secondary N) is 1. The van der Waals surface area contributed by atoms with E-state index < -0.39 is 12.1 Å². The van der Waals surface area contributed by atoms with Gasteiger partial charge in [0.2, 0.25) is 0 Å². The Morgan fingerprint density at radius 2 is 1.77 bits per heavy atom. The molecule has 0 aliphatic heterocycles. The van der Waals surface area contributed by atoms with Crippen molar-refractivity contribution in [3.05, 3.63) is 51.2 Å². The van der Waals surface area contributed by atoms with Crippen LogP contribution in [0, 0.1) is 20.8 Å². The van der Waals surface area contributed by atoms with Crippen LogP contribution in [0.25, 0.3) is 0 Å². The second kappa shape index (κ2) is 6.75. The van der Waals surface area contributed by atoms with Crippen LogP contribution >= 0.6 is 11.3 Å². The van der Waals surface area contributed by atoms with Crippen molar-refractivity contribution < 1.29 is 14.3 Å². The maximum atomic E-state index is 12.1. The number of amides is 1. The van der Waals surface area contributed by atoms with Crippen molar-refractivity contribution in [3.8, 4) is 0 Å². The fourth-order valence-corrected chi connectivity index (χ4v) is 2.90. The summed E-state index contributed by atoms with van der Waals surface area (Å²) in [5.41, 5.74) is 2.32. The minimum Gasteiger partial charge on any atom is -0.449 e. The van der Waals surface area contributed by atoms with Gasteiger partial charge in [-0.3, -0.25) is 4.79 Å². The Hall–Kier alpha value is -2.14. The quantitative estimate of drug-likeness (QED) is 0.871. The van der Waals surface area contributed by atoms with Crippen LogP contribution in [0.5, 0.6) is 0 Å². The van der Waals surface area contributed by atoms with E-state index in [4.69, 9.17) is 4.74 Å². The third-order valence-electron chi connectivity index (χ3n) is 3.23. The fourth-order valence-electron chi connectivity index (χ4n) is 1.99. The van der Waals surface area contributed by atoms with Crippen LogP contribution < -0.4 is 5.32 Å². The van der Waals surface area contributed by atoms with E-state index in [-0.39, 0.29) is 5.91 Å². The average Bonchev–Trinajstić information content (AvgIpc) is 2.80. The molecule has 0 fully saturated rings. The minimum atomic E-state index is -0.853. The summed E-state index contributed by atoms with van der Waals surface area (Å²) in [6.45, 7) is 7.34. The van der Waals surface area contributed by atoms with Gasteiger partial charge in [-0.15, -0.1) is 11.3 Å². The monoisotopic (exact) mass is 317 g/mol. The van der Waals surface area contributed by atoms with E-state index in [1.165, 1.54) is 11.3 Å². The van der Waals surface area contributed by atoms with E-state index in [1.807, 2.05) is 45.0 Å². The van der Waals surface area contributed by atoms with Gasteiger partial charge in [0.05, 0.1) is 5.56 Å². The Labute approximate surface area is 134 Å². The second-order valence-corrected chi connectivity index (χ2v) is 6.69. The molecule has 0 bridgehead atoms. The Balaban J connectivity index is 1.97. The number of aryl methyl sites for hydroxylation is 3. The lowest BCUT2D eigenvalue weighted by molar-refractivity contribution is -0.123. The molecule has 0 aliphatic rings. The summed E-state index contributed by atoms with van der Waals surface area (Å²) in [4.78, 5) is 26.1. The summed E-state index contributed by atoms with van der Waals surface area (Å²) in [6.07, 6.45) is -0.853. The summed E-state index contributed by atoms with van der Waals surface area (Å²) in [6, 6.07) is 9.23. The number of benzene rings is 1. The summed E-state index contributed by atoms with van der Waals surface area (Å²) in [7, 11) is 0. The van der Waals surface area contributed by atoms with Crippen LogP contribution in [0.1, 0.15) is 32.6 Å². The number of thiophene rings is 1. The second-order valence-electron chi connectivity index (χ2n) is 5.23. The van der Waals surface area contributed by atoms with Crippen LogP contribution in [-0.2, 0) is 9.53 Å². The molecule has 1 amide bonds. The highest BCUT2D eigenvalue weighted by atomic mass is 32.1. The largest absolute Gasteiger partial charge is 0.449 e. The zero-order chi connectivity index (χ0) is 16.3. The number of carbonyl (C=O) groups excluding carboxylic acids is 2. The third-order valence-corrected chi connectivity index (χ3v) is 4.20. The third kappa shape index (κ3) is 3.95. The molecule has 1 heterocycles. The van der Waals surface area contributed by atoms with Gasteiger partial charge >= 0.3 is 5.97 Å². The number of esters is 1. The van der Waals surface area contributed by atoms with Gasteiger partial charge in [-0.25, -0.2) is 4.79 Å². The number of ether oxygens (including phenoxy) is 1. The first-order valence-corrected chi connectivity index (χ1v) is 7.84. The van der Waals surface area contributed by atoms with Crippen LogP contribution in [0.15, 0.2) is 30.3 Å². The lowest BCUT2D eigenvalue weighted by atomic mass is 10.2. The smallest absolute Gasteiger partial charge is 0.340 e. The van der Waals surface area contributed by atoms with Gasteiger partial charge in [0.15, 0.2) is 6.10 Å². The first-order valence-electron chi connectivity index (χ1n) is 7.02. The zero-order valence-electron chi connectivity index (χ0n) is 13.1. The molecule has 0 radical (unpaired) electrons. The van der Waals surface area contributed by atoms with Crippen molar-refractivity contribution in [2.45, 2.75) is 33.8 Å². The van der Waals surface area contributed by atoms with E-state index in [1.54, 1.807) is 13.0 Å². The molecule has 1 N–H and O–H groups in total. The molecular weight excluding hydrogens is 298 g/mol. The van der Waals surface area contributed by atoms with Crippen LogP contribution in [0.2, 0.25) is 0 Å². The van der Waals surface area contributed by atoms with Crippen LogP contribution in [-0.4, -0.2) is 18.0 Å². The van der Waals surface area contributed by atoms with Crippen molar-refractivity contribution in [3.63, 3.8) is 0 Å². The number of anilines is 1. The fraction of sp³-hybridized carbons (Fsp3) is 0.294. The molecule has 1 aromatic carbocycles. The molecule has 0 saturated heterocycles. The lowest BCUT2D eigenvalue weighted by Crippen LogP contribution is -2.30. The van der Waals surface area contributed by atoms with Gasteiger partial charge in [-0.05, 0) is 45.9 Å². The van der Waals surface area contributed by atoms with Crippen molar-refractivity contribution in [1.82, 2.24) is 0 Å². The summed E-state index contributed by atoms with van der Waals surface area (Å²) >= 11 is 1.54. The Morgan fingerprint density at radius 3 is 2.32 bits per heavy atom. The lowest BCUT2D eigenvalue weighted by Gasteiger charge is -2.13. The molecule has 2 rings (SSSR count). The van der Waals surface area contributed by atoms with Gasteiger partial charge in [0.25, 0.3) is 5.91 Å². The predicted octanol–water partition coefficient (Wildman–Crippen LogP) is 3.86.